The van der Waals surface area contributed by atoms with Crippen LogP contribution in [0.2, 0.25) is 5.02 Å². The molecule has 0 radical (unpaired) electrons. The van der Waals surface area contributed by atoms with E-state index in [1.807, 2.05) is 10.9 Å². The molecular formula is C7H9ClN2O. The molecule has 4 heteroatoms. The predicted molar refractivity (Wildman–Crippen MR) is 41.7 cm³/mol. The molecule has 1 fully saturated rings. The minimum atomic E-state index is 0.391. The summed E-state index contributed by atoms with van der Waals surface area (Å²) >= 11 is 5.71. The van der Waals surface area contributed by atoms with Crippen LogP contribution < -0.4 is 0 Å². The molecule has 1 unspecified atom stereocenters. The Balaban J connectivity index is 2.15. The lowest BCUT2D eigenvalue weighted by molar-refractivity contribution is 0.184. The largest absolute Gasteiger partial charge is 0.379 e. The van der Waals surface area contributed by atoms with Gasteiger partial charge in [0.2, 0.25) is 0 Å². The van der Waals surface area contributed by atoms with Gasteiger partial charge < -0.3 is 4.74 Å². The highest BCUT2D eigenvalue weighted by Crippen LogP contribution is 2.19. The molecule has 0 bridgehead atoms. The third kappa shape index (κ3) is 1.39. The van der Waals surface area contributed by atoms with E-state index >= 15 is 0 Å². The number of rotatable bonds is 1. The van der Waals surface area contributed by atoms with E-state index in [9.17, 15) is 0 Å². The Hall–Kier alpha value is -0.540. The molecule has 1 aliphatic heterocycles. The Labute approximate surface area is 69.9 Å². The van der Waals surface area contributed by atoms with Gasteiger partial charge in [0.05, 0.1) is 23.9 Å². The van der Waals surface area contributed by atoms with E-state index in [4.69, 9.17) is 16.3 Å². The molecule has 0 amide bonds. The van der Waals surface area contributed by atoms with Gasteiger partial charge in [0.25, 0.3) is 0 Å². The van der Waals surface area contributed by atoms with Crippen molar-refractivity contribution in [3.63, 3.8) is 0 Å². The molecule has 3 nitrogen and oxygen atoms in total. The molecule has 0 aliphatic carbocycles. The van der Waals surface area contributed by atoms with Gasteiger partial charge in [0.1, 0.15) is 0 Å². The minimum absolute atomic E-state index is 0.391. The first-order valence-electron chi connectivity index (χ1n) is 3.63. The summed E-state index contributed by atoms with van der Waals surface area (Å²) in [5.41, 5.74) is 0. The van der Waals surface area contributed by atoms with Crippen LogP contribution in [0.1, 0.15) is 12.5 Å². The zero-order valence-electron chi connectivity index (χ0n) is 6.03. The van der Waals surface area contributed by atoms with Gasteiger partial charge in [-0.1, -0.05) is 11.6 Å². The zero-order chi connectivity index (χ0) is 7.68. The molecule has 2 rings (SSSR count). The second kappa shape index (κ2) is 2.83. The van der Waals surface area contributed by atoms with E-state index < -0.39 is 0 Å². The molecule has 60 valence electrons. The third-order valence-electron chi connectivity index (χ3n) is 1.85. The van der Waals surface area contributed by atoms with Gasteiger partial charge in [-0.25, -0.2) is 0 Å². The van der Waals surface area contributed by atoms with Gasteiger partial charge >= 0.3 is 0 Å². The number of halogens is 1. The van der Waals surface area contributed by atoms with Gasteiger partial charge in [-0.3, -0.25) is 4.68 Å². The number of ether oxygens (including phenoxy) is 1. The molecule has 1 aromatic heterocycles. The fourth-order valence-electron chi connectivity index (χ4n) is 1.25. The van der Waals surface area contributed by atoms with Crippen molar-refractivity contribution in [3.8, 4) is 0 Å². The average molecular weight is 173 g/mol. The Morgan fingerprint density at radius 2 is 2.64 bits per heavy atom. The smallest absolute Gasteiger partial charge is 0.0785 e. The van der Waals surface area contributed by atoms with Crippen LogP contribution in [0.25, 0.3) is 0 Å². The highest BCUT2D eigenvalue weighted by atomic mass is 35.5. The Morgan fingerprint density at radius 3 is 3.18 bits per heavy atom. The van der Waals surface area contributed by atoms with E-state index in [-0.39, 0.29) is 0 Å². The van der Waals surface area contributed by atoms with Crippen molar-refractivity contribution in [1.82, 2.24) is 9.78 Å². The molecule has 1 aliphatic rings. The molecule has 0 aromatic carbocycles. The van der Waals surface area contributed by atoms with E-state index in [1.165, 1.54) is 0 Å². The fourth-order valence-corrected chi connectivity index (χ4v) is 1.39. The second-order valence-electron chi connectivity index (χ2n) is 2.66. The highest BCUT2D eigenvalue weighted by molar-refractivity contribution is 6.30. The third-order valence-corrected chi connectivity index (χ3v) is 2.04. The lowest BCUT2D eigenvalue weighted by atomic mass is 10.3. The molecule has 11 heavy (non-hydrogen) atoms. The van der Waals surface area contributed by atoms with E-state index in [0.717, 1.165) is 19.6 Å². The number of nitrogens with zero attached hydrogens (tertiary/aromatic N) is 2. The summed E-state index contributed by atoms with van der Waals surface area (Å²) in [6.45, 7) is 1.60. The van der Waals surface area contributed by atoms with Gasteiger partial charge in [-0.15, -0.1) is 0 Å². The summed E-state index contributed by atoms with van der Waals surface area (Å²) in [6, 6.07) is 0.391. The molecule has 0 saturated carbocycles. The van der Waals surface area contributed by atoms with Crippen molar-refractivity contribution in [2.45, 2.75) is 12.5 Å². The number of aromatic nitrogens is 2. The van der Waals surface area contributed by atoms with Gasteiger partial charge in [0, 0.05) is 12.8 Å². The fraction of sp³-hybridized carbons (Fsp3) is 0.571. The first-order valence-corrected chi connectivity index (χ1v) is 4.01. The van der Waals surface area contributed by atoms with Crippen LogP contribution in [0.15, 0.2) is 12.4 Å². The highest BCUT2D eigenvalue weighted by Gasteiger charge is 2.17. The van der Waals surface area contributed by atoms with Crippen LogP contribution in [0.4, 0.5) is 0 Å². The summed E-state index contributed by atoms with van der Waals surface area (Å²) in [7, 11) is 0. The van der Waals surface area contributed by atoms with Gasteiger partial charge in [-0.2, -0.15) is 5.10 Å². The first-order chi connectivity index (χ1) is 5.36. The van der Waals surface area contributed by atoms with Crippen molar-refractivity contribution >= 4 is 11.6 Å². The SMILES string of the molecule is Clc1cnn(C2CCOC2)c1. The maximum atomic E-state index is 5.71. The molecule has 2 heterocycles. The van der Waals surface area contributed by atoms with Crippen LogP contribution in [0.3, 0.4) is 0 Å². The number of hydrogen-bond donors (Lipinski definition) is 0. The van der Waals surface area contributed by atoms with Crippen molar-refractivity contribution in [1.29, 1.82) is 0 Å². The van der Waals surface area contributed by atoms with Crippen LogP contribution in [0.5, 0.6) is 0 Å². The van der Waals surface area contributed by atoms with Crippen LogP contribution in [-0.4, -0.2) is 23.0 Å². The van der Waals surface area contributed by atoms with Gasteiger partial charge in [0.15, 0.2) is 0 Å². The summed E-state index contributed by atoms with van der Waals surface area (Å²) in [5.74, 6) is 0. The van der Waals surface area contributed by atoms with E-state index in [1.54, 1.807) is 6.20 Å². The topological polar surface area (TPSA) is 27.1 Å². The lowest BCUT2D eigenvalue weighted by Gasteiger charge is -2.05. The van der Waals surface area contributed by atoms with Crippen LogP contribution >= 0.6 is 11.6 Å². The quantitative estimate of drug-likeness (QED) is 0.642. The molecule has 0 spiro atoms. The average Bonchev–Trinajstić information content (AvgIpc) is 2.55. The normalized spacial score (nSPS) is 24.3. The predicted octanol–water partition coefficient (Wildman–Crippen LogP) is 1.50. The number of hydrogen-bond acceptors (Lipinski definition) is 2. The van der Waals surface area contributed by atoms with Crippen LogP contribution in [0, 0.1) is 0 Å². The Bertz CT molecular complexity index is 242. The maximum Gasteiger partial charge on any atom is 0.0785 e. The minimum Gasteiger partial charge on any atom is -0.379 e. The van der Waals surface area contributed by atoms with Gasteiger partial charge in [-0.05, 0) is 6.42 Å². The molecule has 1 saturated heterocycles. The molecule has 1 atom stereocenters. The second-order valence-corrected chi connectivity index (χ2v) is 3.09. The Morgan fingerprint density at radius 1 is 1.73 bits per heavy atom. The van der Waals surface area contributed by atoms with Crippen molar-refractivity contribution < 1.29 is 4.74 Å². The zero-order valence-corrected chi connectivity index (χ0v) is 6.79. The maximum absolute atomic E-state index is 5.71. The lowest BCUT2D eigenvalue weighted by Crippen LogP contribution is -2.08. The van der Waals surface area contributed by atoms with Crippen molar-refractivity contribution in [3.05, 3.63) is 17.4 Å². The standard InChI is InChI=1S/C7H9ClN2O/c8-6-3-9-10(4-6)7-1-2-11-5-7/h3-4,7H,1-2,5H2. The van der Waals surface area contributed by atoms with E-state index in [2.05, 4.69) is 5.10 Å². The summed E-state index contributed by atoms with van der Waals surface area (Å²) in [6.07, 6.45) is 4.53. The molecule has 1 aromatic rings. The van der Waals surface area contributed by atoms with Crippen LogP contribution in [-0.2, 0) is 4.74 Å². The summed E-state index contributed by atoms with van der Waals surface area (Å²) in [5, 5.41) is 4.79. The van der Waals surface area contributed by atoms with Crippen molar-refractivity contribution in [2.75, 3.05) is 13.2 Å². The first kappa shape index (κ1) is 7.13. The van der Waals surface area contributed by atoms with E-state index in [0.29, 0.717) is 11.1 Å². The molecule has 0 N–H and O–H groups in total. The summed E-state index contributed by atoms with van der Waals surface area (Å²) in [4.78, 5) is 0. The summed E-state index contributed by atoms with van der Waals surface area (Å²) < 4.78 is 7.09. The molecular weight excluding hydrogens is 164 g/mol. The Kier molecular flexibility index (Phi) is 1.84. The van der Waals surface area contributed by atoms with Crippen molar-refractivity contribution in [2.24, 2.45) is 0 Å². The monoisotopic (exact) mass is 172 g/mol.